The van der Waals surface area contributed by atoms with E-state index in [0.717, 1.165) is 77.4 Å². The van der Waals surface area contributed by atoms with Crippen LogP contribution in [-0.2, 0) is 33.2 Å². The number of urea groups is 2. The van der Waals surface area contributed by atoms with Crippen LogP contribution in [0.15, 0.2) is 0 Å². The zero-order valence-electron chi connectivity index (χ0n) is 55.6. The highest BCUT2D eigenvalue weighted by molar-refractivity contribution is 5.97. The van der Waals surface area contributed by atoms with Gasteiger partial charge in [0, 0.05) is 96.3 Å². The Bertz CT molecular complexity index is 1980. The molecular weight excluding hydrogens is 1070 g/mol. The molecule has 84 heavy (non-hydrogen) atoms. The van der Waals surface area contributed by atoms with Crippen LogP contribution in [-0.4, -0.2) is 209 Å². The second-order valence-electron chi connectivity index (χ2n) is 30.3. The molecule has 3 N–H and O–H groups in total. The standard InChI is InChI=1S/C65H120N8O11/c1-17-21-24-79-38-53(35-69(16)20-4)82-52-31-62(11,12)43-65(15,32-52)46-73(56(75)66-47-74)59(78)72(44-63(13)29-50(27-60(7,8)41-63)67-57(76)83-54(36-70-33-48(70)5)39-80-25-22-18-2)45-64(14)30-51(28-61(9,10)42-64)68-58(77)84-55(37-71-34-49(71)6)40-81-26-23-19-3/h47-55H,17-46H2,1-16H3,(H,67,76)(H,68,77)(H,66,74,75). The van der Waals surface area contributed by atoms with Crippen molar-refractivity contribution in [2.24, 2.45) is 32.5 Å². The number of likely N-dealkylation sites (N-methyl/N-ethyl adjacent to an activating group) is 1. The smallest absolute Gasteiger partial charge is 0.407 e. The SMILES string of the molecule is CCCCOCC(CN1CC1C)OC(=O)NC1CC(C)(C)CC(C)(CN(CC2(C)CC(NC(=O)OC(COCCCC)CN3CC3C)CC(C)(C)C2)C(=O)N(CC2(C)CC(OC(COCCCC)CN(C)CC)CC(C)(C)C2)C(=O)NC=O)C1. The second kappa shape index (κ2) is 32.2. The number of hydrogen-bond donors (Lipinski definition) is 3. The number of alkyl carbamates (subject to hydrolysis) is 2. The van der Waals surface area contributed by atoms with Gasteiger partial charge in [-0.25, -0.2) is 24.1 Å². The third kappa shape index (κ3) is 24.7. The van der Waals surface area contributed by atoms with Crippen molar-refractivity contribution in [3.8, 4) is 0 Å². The minimum atomic E-state index is -0.781. The van der Waals surface area contributed by atoms with E-state index in [2.05, 4.69) is 142 Å². The van der Waals surface area contributed by atoms with Crippen molar-refractivity contribution in [2.45, 2.75) is 249 Å². The zero-order chi connectivity index (χ0) is 62.1. The van der Waals surface area contributed by atoms with Crippen molar-refractivity contribution in [2.75, 3.05) is 106 Å². The molecule has 19 nitrogen and oxygen atoms in total. The van der Waals surface area contributed by atoms with Crippen molar-refractivity contribution in [1.29, 1.82) is 0 Å². The second-order valence-corrected chi connectivity index (χ2v) is 30.3. The zero-order valence-corrected chi connectivity index (χ0v) is 55.6. The minimum absolute atomic E-state index is 0.0490. The largest absolute Gasteiger partial charge is 0.442 e. The van der Waals surface area contributed by atoms with Crippen LogP contribution in [0.4, 0.5) is 19.2 Å². The molecular formula is C65H120N8O11. The predicted octanol–water partition coefficient (Wildman–Crippen LogP) is 10.7. The van der Waals surface area contributed by atoms with E-state index in [-0.39, 0.29) is 60.2 Å². The fourth-order valence-corrected chi connectivity index (χ4v) is 15.3. The first kappa shape index (κ1) is 71.4. The molecule has 0 aromatic carbocycles. The summed E-state index contributed by atoms with van der Waals surface area (Å²) in [6.45, 7) is 41.0. The first-order valence-corrected chi connectivity index (χ1v) is 32.7. The number of carbonyl (C=O) groups is 5. The number of carbonyl (C=O) groups excluding carboxylic acids is 5. The van der Waals surface area contributed by atoms with Gasteiger partial charge in [-0.3, -0.25) is 19.9 Å². The van der Waals surface area contributed by atoms with Gasteiger partial charge in [0.1, 0.15) is 12.2 Å². The van der Waals surface area contributed by atoms with Crippen molar-refractivity contribution in [3.05, 3.63) is 0 Å². The summed E-state index contributed by atoms with van der Waals surface area (Å²) in [6.07, 6.45) is 10.2. The van der Waals surface area contributed by atoms with Gasteiger partial charge in [-0.2, -0.15) is 0 Å². The molecule has 19 heteroatoms. The minimum Gasteiger partial charge on any atom is -0.442 e. The maximum atomic E-state index is 16.1. The van der Waals surface area contributed by atoms with Crippen molar-refractivity contribution >= 4 is 30.7 Å². The molecule has 2 aliphatic heterocycles. The summed E-state index contributed by atoms with van der Waals surface area (Å²) in [4.78, 5) is 81.0. The van der Waals surface area contributed by atoms with E-state index in [0.29, 0.717) is 116 Å². The molecule has 2 saturated heterocycles. The highest BCUT2D eigenvalue weighted by atomic mass is 16.6. The van der Waals surface area contributed by atoms with Gasteiger partial charge in [-0.15, -0.1) is 0 Å². The maximum Gasteiger partial charge on any atom is 0.407 e. The molecule has 0 aromatic heterocycles. The maximum absolute atomic E-state index is 16.1. The lowest BCUT2D eigenvalue weighted by atomic mass is 9.61. The monoisotopic (exact) mass is 1190 g/mol. The number of rotatable bonds is 35. The number of unbranched alkanes of at least 4 members (excludes halogenated alkanes) is 3. The third-order valence-corrected chi connectivity index (χ3v) is 18.2. The van der Waals surface area contributed by atoms with Crippen LogP contribution in [0, 0.1) is 32.5 Å². The summed E-state index contributed by atoms with van der Waals surface area (Å²) in [5.74, 6) is 0. The third-order valence-electron chi connectivity index (χ3n) is 18.2. The van der Waals surface area contributed by atoms with Gasteiger partial charge in [0.2, 0.25) is 6.41 Å². The fourth-order valence-electron chi connectivity index (χ4n) is 15.3. The van der Waals surface area contributed by atoms with Crippen LogP contribution >= 0.6 is 0 Å². The van der Waals surface area contributed by atoms with Crippen molar-refractivity contribution in [3.63, 3.8) is 0 Å². The first-order chi connectivity index (χ1) is 39.4. The van der Waals surface area contributed by atoms with E-state index in [4.69, 9.17) is 28.4 Å². The Labute approximate surface area is 508 Å². The molecule has 2 heterocycles. The van der Waals surface area contributed by atoms with Gasteiger partial charge in [0.05, 0.1) is 32.0 Å². The van der Waals surface area contributed by atoms with Gasteiger partial charge < -0.3 is 48.9 Å². The molecule has 3 saturated carbocycles. The molecule has 5 aliphatic rings. The summed E-state index contributed by atoms with van der Waals surface area (Å²) in [5.41, 5.74) is -2.43. The number of imide groups is 2. The number of nitrogens with zero attached hydrogens (tertiary/aromatic N) is 5. The predicted molar refractivity (Wildman–Crippen MR) is 331 cm³/mol. The Morgan fingerprint density at radius 1 is 0.583 bits per heavy atom. The van der Waals surface area contributed by atoms with Crippen LogP contribution in [0.5, 0.6) is 0 Å². The number of hydrogen-bond acceptors (Lipinski definition) is 14. The topological polar surface area (TPSA) is 193 Å². The van der Waals surface area contributed by atoms with Gasteiger partial charge in [-0.05, 0) is 137 Å². The van der Waals surface area contributed by atoms with Crippen LogP contribution in [0.1, 0.15) is 200 Å². The average molecular weight is 1190 g/mol. The van der Waals surface area contributed by atoms with E-state index >= 15 is 4.79 Å². The van der Waals surface area contributed by atoms with Crippen molar-refractivity contribution in [1.82, 2.24) is 40.4 Å². The molecule has 3 aliphatic carbocycles. The highest BCUT2D eigenvalue weighted by Crippen LogP contribution is 2.51. The number of ether oxygens (including phenoxy) is 6. The molecule has 13 atom stereocenters. The summed E-state index contributed by atoms with van der Waals surface area (Å²) < 4.78 is 37.5. The Hall–Kier alpha value is -3.33. The summed E-state index contributed by atoms with van der Waals surface area (Å²) >= 11 is 0. The fraction of sp³-hybridized carbons (Fsp3) is 0.923. The molecule has 13 unspecified atom stereocenters. The number of nitrogens with one attached hydrogen (secondary N) is 3. The average Bonchev–Trinajstić information content (AvgIpc) is 3.76. The molecule has 486 valence electrons. The van der Waals surface area contributed by atoms with E-state index in [1.54, 1.807) is 0 Å². The molecule has 0 radical (unpaired) electrons. The van der Waals surface area contributed by atoms with E-state index in [1.807, 2.05) is 4.90 Å². The van der Waals surface area contributed by atoms with Gasteiger partial charge in [0.25, 0.3) is 0 Å². The molecule has 7 amide bonds. The van der Waals surface area contributed by atoms with E-state index in [9.17, 15) is 19.2 Å². The normalized spacial score (nSPS) is 30.5. The summed E-state index contributed by atoms with van der Waals surface area (Å²) in [7, 11) is 2.09. The van der Waals surface area contributed by atoms with Crippen molar-refractivity contribution < 1.29 is 52.4 Å². The molecule has 0 bridgehead atoms. The van der Waals surface area contributed by atoms with Crippen LogP contribution in [0.2, 0.25) is 0 Å². The van der Waals surface area contributed by atoms with Gasteiger partial charge >= 0.3 is 24.2 Å². The Morgan fingerprint density at radius 2 is 0.988 bits per heavy atom. The lowest BCUT2D eigenvalue weighted by molar-refractivity contribution is -0.117. The van der Waals surface area contributed by atoms with Crippen LogP contribution < -0.4 is 16.0 Å². The first-order valence-electron chi connectivity index (χ1n) is 32.7. The Balaban J connectivity index is 1.46. The van der Waals surface area contributed by atoms with Crippen LogP contribution in [0.25, 0.3) is 0 Å². The molecule has 0 aromatic rings. The van der Waals surface area contributed by atoms with Gasteiger partial charge in [-0.1, -0.05) is 109 Å². The van der Waals surface area contributed by atoms with Crippen LogP contribution in [0.3, 0.4) is 0 Å². The van der Waals surface area contributed by atoms with E-state index < -0.39 is 52.7 Å². The highest BCUT2D eigenvalue weighted by Gasteiger charge is 2.50. The lowest BCUT2D eigenvalue weighted by Crippen LogP contribution is -2.60. The summed E-state index contributed by atoms with van der Waals surface area (Å²) in [5, 5.41) is 8.94. The Morgan fingerprint density at radius 3 is 1.38 bits per heavy atom. The van der Waals surface area contributed by atoms with E-state index in [1.165, 1.54) is 4.90 Å². The molecule has 5 fully saturated rings. The quantitative estimate of drug-likeness (QED) is 0.0308. The summed E-state index contributed by atoms with van der Waals surface area (Å²) in [6, 6.07) is -0.936. The molecule has 5 rings (SSSR count). The molecule has 0 spiro atoms. The van der Waals surface area contributed by atoms with Gasteiger partial charge in [0.15, 0.2) is 0 Å². The number of amides is 7. The lowest BCUT2D eigenvalue weighted by Gasteiger charge is -2.52. The Kier molecular flexibility index (Phi) is 27.4.